The van der Waals surface area contributed by atoms with Gasteiger partial charge < -0.3 is 28.5 Å². The monoisotopic (exact) mass is 278 g/mol. The van der Waals surface area contributed by atoms with Gasteiger partial charge in [0.15, 0.2) is 0 Å². The van der Waals surface area contributed by atoms with Crippen molar-refractivity contribution >= 4 is 0 Å². The summed E-state index contributed by atoms with van der Waals surface area (Å²) in [5.74, 6) is 0. The van der Waals surface area contributed by atoms with Crippen LogP contribution in [0.25, 0.3) is 0 Å². The SMILES string of the molecule is COC[C@H]1[C@@H](OC)[C@H](OC)[C@H](COC)[N+]1(C)CCO. The van der Waals surface area contributed by atoms with E-state index in [4.69, 9.17) is 18.9 Å². The molecule has 0 saturated carbocycles. The summed E-state index contributed by atoms with van der Waals surface area (Å²) in [6, 6.07) is 0.236. The minimum absolute atomic E-state index is 0.0679. The Labute approximate surface area is 115 Å². The van der Waals surface area contributed by atoms with E-state index in [1.807, 2.05) is 0 Å². The third kappa shape index (κ3) is 3.09. The standard InChI is InChI=1S/C13H28NO5/c1-14(6-7-15)10(8-16-2)12(18-4)13(19-5)11(14)9-17-3/h10-13,15H,6-9H2,1-5H3/q+1/t10-,11-,12+,13+/m0/s1. The van der Waals surface area contributed by atoms with Crippen molar-refractivity contribution < 1.29 is 28.5 Å². The van der Waals surface area contributed by atoms with E-state index in [9.17, 15) is 5.11 Å². The molecular weight excluding hydrogens is 250 g/mol. The van der Waals surface area contributed by atoms with Gasteiger partial charge in [0.2, 0.25) is 0 Å². The molecule has 0 aromatic heterocycles. The number of likely N-dealkylation sites (tertiary alicyclic amines) is 1. The predicted octanol–water partition coefficient (Wildman–Crippen LogP) is -0.501. The van der Waals surface area contributed by atoms with E-state index in [0.29, 0.717) is 24.2 Å². The fourth-order valence-electron chi connectivity index (χ4n) is 3.36. The summed E-state index contributed by atoms with van der Waals surface area (Å²) < 4.78 is 22.6. The molecule has 0 aliphatic carbocycles. The van der Waals surface area contributed by atoms with Crippen molar-refractivity contribution in [1.29, 1.82) is 0 Å². The summed E-state index contributed by atoms with van der Waals surface area (Å²) in [4.78, 5) is 0. The van der Waals surface area contributed by atoms with Gasteiger partial charge in [-0.25, -0.2) is 0 Å². The molecule has 1 aliphatic heterocycles. The van der Waals surface area contributed by atoms with Crippen molar-refractivity contribution in [2.45, 2.75) is 24.3 Å². The zero-order valence-corrected chi connectivity index (χ0v) is 12.7. The first-order chi connectivity index (χ1) is 9.10. The molecule has 0 bridgehead atoms. The van der Waals surface area contributed by atoms with Crippen LogP contribution in [0.5, 0.6) is 0 Å². The average Bonchev–Trinajstić information content (AvgIpc) is 2.61. The lowest BCUT2D eigenvalue weighted by Gasteiger charge is -2.40. The maximum atomic E-state index is 9.40. The quantitative estimate of drug-likeness (QED) is 0.607. The molecule has 0 radical (unpaired) electrons. The number of ether oxygens (including phenoxy) is 4. The van der Waals surface area contributed by atoms with Gasteiger partial charge in [0.25, 0.3) is 0 Å². The number of hydrogen-bond donors (Lipinski definition) is 1. The Kier molecular flexibility index (Phi) is 6.65. The average molecular weight is 278 g/mol. The Morgan fingerprint density at radius 1 is 0.895 bits per heavy atom. The van der Waals surface area contributed by atoms with Gasteiger partial charge in [-0.2, -0.15) is 0 Å². The molecule has 1 aliphatic rings. The van der Waals surface area contributed by atoms with Gasteiger partial charge in [-0.1, -0.05) is 0 Å². The van der Waals surface area contributed by atoms with Gasteiger partial charge in [-0.15, -0.1) is 0 Å². The van der Waals surface area contributed by atoms with E-state index in [1.165, 1.54) is 0 Å². The topological polar surface area (TPSA) is 57.2 Å². The first-order valence-corrected chi connectivity index (χ1v) is 6.59. The molecule has 6 nitrogen and oxygen atoms in total. The van der Waals surface area contributed by atoms with Crippen LogP contribution in [0.1, 0.15) is 0 Å². The van der Waals surface area contributed by atoms with Crippen molar-refractivity contribution in [3.05, 3.63) is 0 Å². The lowest BCUT2D eigenvalue weighted by Crippen LogP contribution is -2.60. The lowest BCUT2D eigenvalue weighted by atomic mass is 10.1. The number of aliphatic hydroxyl groups is 1. The second-order valence-electron chi connectivity index (χ2n) is 5.24. The first kappa shape index (κ1) is 16.8. The molecule has 1 N–H and O–H groups in total. The van der Waals surface area contributed by atoms with Gasteiger partial charge in [-0.3, -0.25) is 0 Å². The second kappa shape index (κ2) is 7.52. The van der Waals surface area contributed by atoms with E-state index >= 15 is 0 Å². The van der Waals surface area contributed by atoms with Crippen LogP contribution in [0.3, 0.4) is 0 Å². The highest BCUT2D eigenvalue weighted by atomic mass is 16.5. The minimum atomic E-state index is -0.0679. The van der Waals surface area contributed by atoms with E-state index in [-0.39, 0.29) is 30.9 Å². The molecule has 0 aromatic carbocycles. The Balaban J connectivity index is 3.09. The molecule has 0 amide bonds. The Bertz CT molecular complexity index is 243. The summed E-state index contributed by atoms with van der Waals surface area (Å²) >= 11 is 0. The van der Waals surface area contributed by atoms with E-state index < -0.39 is 0 Å². The van der Waals surface area contributed by atoms with Gasteiger partial charge in [0.05, 0.1) is 13.7 Å². The molecule has 4 atom stereocenters. The van der Waals surface area contributed by atoms with Gasteiger partial charge >= 0.3 is 0 Å². The van der Waals surface area contributed by atoms with Crippen LogP contribution >= 0.6 is 0 Å². The molecule has 1 heterocycles. The summed E-state index contributed by atoms with van der Waals surface area (Å²) in [6.07, 6.45) is -0.136. The van der Waals surface area contributed by atoms with Crippen LogP contribution in [0.2, 0.25) is 0 Å². The van der Waals surface area contributed by atoms with E-state index in [0.717, 1.165) is 0 Å². The Morgan fingerprint density at radius 3 is 1.58 bits per heavy atom. The van der Waals surface area contributed by atoms with Crippen molar-refractivity contribution in [3.8, 4) is 0 Å². The van der Waals surface area contributed by atoms with Crippen LogP contribution in [-0.4, -0.2) is 95.7 Å². The normalized spacial score (nSPS) is 38.8. The molecule has 6 heteroatoms. The molecule has 1 fully saturated rings. The third-order valence-electron chi connectivity index (χ3n) is 4.40. The number of nitrogens with zero attached hydrogens (tertiary/aromatic N) is 1. The zero-order chi connectivity index (χ0) is 14.5. The number of likely N-dealkylation sites (N-methyl/N-ethyl adjacent to an activating group) is 1. The zero-order valence-electron chi connectivity index (χ0n) is 12.7. The highest BCUT2D eigenvalue weighted by Crippen LogP contribution is 2.35. The fraction of sp³-hybridized carbons (Fsp3) is 1.00. The maximum absolute atomic E-state index is 9.40. The Morgan fingerprint density at radius 2 is 1.32 bits per heavy atom. The highest BCUT2D eigenvalue weighted by Gasteiger charge is 2.59. The minimum Gasteiger partial charge on any atom is -0.391 e. The third-order valence-corrected chi connectivity index (χ3v) is 4.40. The van der Waals surface area contributed by atoms with Crippen LogP contribution in [0, 0.1) is 0 Å². The van der Waals surface area contributed by atoms with Crippen molar-refractivity contribution in [2.75, 3.05) is 61.9 Å². The van der Waals surface area contributed by atoms with E-state index in [1.54, 1.807) is 28.4 Å². The number of rotatable bonds is 8. The van der Waals surface area contributed by atoms with Crippen LogP contribution in [0.4, 0.5) is 0 Å². The molecule has 1 saturated heterocycles. The highest BCUT2D eigenvalue weighted by molar-refractivity contribution is 4.94. The van der Waals surface area contributed by atoms with Crippen LogP contribution < -0.4 is 0 Å². The first-order valence-electron chi connectivity index (χ1n) is 6.59. The van der Waals surface area contributed by atoms with Crippen molar-refractivity contribution in [3.63, 3.8) is 0 Å². The molecule has 19 heavy (non-hydrogen) atoms. The van der Waals surface area contributed by atoms with Crippen molar-refractivity contribution in [2.24, 2.45) is 0 Å². The fourth-order valence-corrected chi connectivity index (χ4v) is 3.36. The molecule has 0 spiro atoms. The molecule has 114 valence electrons. The summed E-state index contributed by atoms with van der Waals surface area (Å²) in [6.45, 7) is 1.87. The smallest absolute Gasteiger partial charge is 0.143 e. The molecular formula is C13H28NO5+. The van der Waals surface area contributed by atoms with Gasteiger partial charge in [0.1, 0.15) is 44.1 Å². The van der Waals surface area contributed by atoms with E-state index in [2.05, 4.69) is 7.05 Å². The largest absolute Gasteiger partial charge is 0.391 e. The van der Waals surface area contributed by atoms with Gasteiger partial charge in [0, 0.05) is 28.4 Å². The molecule has 0 aromatic rings. The lowest BCUT2D eigenvalue weighted by molar-refractivity contribution is -0.946. The number of methoxy groups -OCH3 is 4. The maximum Gasteiger partial charge on any atom is 0.143 e. The molecule has 0 unspecified atom stereocenters. The number of aliphatic hydroxyl groups excluding tert-OH is 1. The predicted molar refractivity (Wildman–Crippen MR) is 71.1 cm³/mol. The van der Waals surface area contributed by atoms with Crippen LogP contribution in [-0.2, 0) is 18.9 Å². The van der Waals surface area contributed by atoms with Gasteiger partial charge in [-0.05, 0) is 0 Å². The summed E-state index contributed by atoms with van der Waals surface area (Å²) in [5, 5.41) is 9.40. The summed E-state index contributed by atoms with van der Waals surface area (Å²) in [7, 11) is 8.85. The number of quaternary nitrogens is 1. The second-order valence-corrected chi connectivity index (χ2v) is 5.24. The van der Waals surface area contributed by atoms with Crippen LogP contribution in [0.15, 0.2) is 0 Å². The summed E-state index contributed by atoms with van der Waals surface area (Å²) in [5.41, 5.74) is 0. The molecule has 1 rings (SSSR count). The Hall–Kier alpha value is -0.240. The van der Waals surface area contributed by atoms with Crippen molar-refractivity contribution in [1.82, 2.24) is 0 Å². The number of hydrogen-bond acceptors (Lipinski definition) is 5.